The number of hydrogen-bond acceptors (Lipinski definition) is 5. The van der Waals surface area contributed by atoms with Crippen molar-refractivity contribution in [1.29, 1.82) is 0 Å². The number of carbonyl (C=O) groups is 1. The molecule has 0 saturated carbocycles. The van der Waals surface area contributed by atoms with Crippen LogP contribution < -0.4 is 10.5 Å². The third-order valence-corrected chi connectivity index (χ3v) is 6.90. The predicted octanol–water partition coefficient (Wildman–Crippen LogP) is 6.72. The summed E-state index contributed by atoms with van der Waals surface area (Å²) in [5.41, 5.74) is 10.8. The summed E-state index contributed by atoms with van der Waals surface area (Å²) < 4.78 is 33.2. The molecule has 3 aromatic carbocycles. The lowest BCUT2D eigenvalue weighted by Gasteiger charge is -2.23. The fourth-order valence-corrected chi connectivity index (χ4v) is 5.09. The van der Waals surface area contributed by atoms with Crippen LogP contribution in [0.2, 0.25) is 0 Å². The van der Waals surface area contributed by atoms with E-state index >= 15 is 4.39 Å². The van der Waals surface area contributed by atoms with Crippen molar-refractivity contribution >= 4 is 28.1 Å². The van der Waals surface area contributed by atoms with Crippen LogP contribution in [0.5, 0.6) is 5.75 Å². The molecule has 1 aliphatic rings. The molecule has 8 heteroatoms. The van der Waals surface area contributed by atoms with Crippen molar-refractivity contribution in [3.8, 4) is 5.75 Å². The first-order valence-electron chi connectivity index (χ1n) is 13.3. The molecule has 0 aliphatic carbocycles. The zero-order valence-corrected chi connectivity index (χ0v) is 21.9. The molecule has 7 nitrogen and oxygen atoms in total. The van der Waals surface area contributed by atoms with Crippen LogP contribution in [0.1, 0.15) is 55.5 Å². The van der Waals surface area contributed by atoms with Crippen molar-refractivity contribution in [2.45, 2.75) is 38.8 Å². The Balaban J connectivity index is 1.55. The van der Waals surface area contributed by atoms with Gasteiger partial charge in [-0.25, -0.2) is 9.48 Å². The van der Waals surface area contributed by atoms with Gasteiger partial charge in [-0.2, -0.15) is 4.39 Å². The molecular weight excluding hydrogens is 497 g/mol. The zero-order valence-electron chi connectivity index (χ0n) is 21.9. The van der Waals surface area contributed by atoms with E-state index in [4.69, 9.17) is 19.9 Å². The Labute approximate surface area is 227 Å². The van der Waals surface area contributed by atoms with Gasteiger partial charge in [0.2, 0.25) is 5.95 Å². The van der Waals surface area contributed by atoms with Crippen LogP contribution >= 0.6 is 0 Å². The summed E-state index contributed by atoms with van der Waals surface area (Å²) in [7, 11) is 0. The van der Waals surface area contributed by atoms with Crippen LogP contribution in [0.3, 0.4) is 0 Å². The average molecular weight is 530 g/mol. The molecule has 4 aromatic rings. The van der Waals surface area contributed by atoms with E-state index in [0.717, 1.165) is 59.0 Å². The number of aromatic nitrogens is 2. The minimum Gasteiger partial charge on any atom is -0.490 e. The second-order valence-electron chi connectivity index (χ2n) is 9.40. The Morgan fingerprint density at radius 1 is 1.03 bits per heavy atom. The Morgan fingerprint density at radius 3 is 2.49 bits per heavy atom. The van der Waals surface area contributed by atoms with Gasteiger partial charge < -0.3 is 19.9 Å². The molecule has 5 rings (SSSR count). The molecule has 202 valence electrons. The van der Waals surface area contributed by atoms with Crippen molar-refractivity contribution in [2.24, 2.45) is 5.73 Å². The standard InChI is InChI=1S/C31H32FN3O4/c1-2-25(21-8-4-3-5-9-21)29(22-11-14-24(15-12-22)37-18-19-39-31(33)36)23-13-16-27-26(20-23)30(32)34-35(27)28-10-6-7-17-38-28/h3-5,8-9,11-16,20,28H,2,6-7,10,17-19H2,1H3,(H2,33,36). The number of rotatable bonds is 9. The van der Waals surface area contributed by atoms with Crippen molar-refractivity contribution in [3.63, 3.8) is 0 Å². The molecule has 0 bridgehead atoms. The van der Waals surface area contributed by atoms with E-state index in [1.165, 1.54) is 0 Å². The van der Waals surface area contributed by atoms with E-state index in [1.807, 2.05) is 60.7 Å². The van der Waals surface area contributed by atoms with Gasteiger partial charge in [-0.3, -0.25) is 0 Å². The number of nitrogens with two attached hydrogens (primary N) is 1. The number of carbonyl (C=O) groups excluding carboxylic acids is 1. The summed E-state index contributed by atoms with van der Waals surface area (Å²) in [6.45, 7) is 3.05. The Morgan fingerprint density at radius 2 is 1.79 bits per heavy atom. The number of ether oxygens (including phenoxy) is 3. The molecule has 0 spiro atoms. The molecule has 1 fully saturated rings. The molecule has 0 radical (unpaired) electrons. The number of fused-ring (bicyclic) bond motifs is 1. The Hall–Kier alpha value is -4.17. The van der Waals surface area contributed by atoms with E-state index in [1.54, 1.807) is 4.68 Å². The molecule has 1 saturated heterocycles. The van der Waals surface area contributed by atoms with Crippen LogP contribution in [0.4, 0.5) is 9.18 Å². The summed E-state index contributed by atoms with van der Waals surface area (Å²) in [5, 5.41) is 4.69. The van der Waals surface area contributed by atoms with Crippen LogP contribution in [-0.2, 0) is 9.47 Å². The van der Waals surface area contributed by atoms with Gasteiger partial charge in [0.05, 0.1) is 10.9 Å². The highest BCUT2D eigenvalue weighted by Gasteiger charge is 2.22. The summed E-state index contributed by atoms with van der Waals surface area (Å²) in [6.07, 6.45) is 2.57. The van der Waals surface area contributed by atoms with Gasteiger partial charge in [0.15, 0.2) is 6.23 Å². The van der Waals surface area contributed by atoms with E-state index < -0.39 is 12.0 Å². The van der Waals surface area contributed by atoms with Gasteiger partial charge in [0, 0.05) is 6.61 Å². The maximum absolute atomic E-state index is 15.2. The fourth-order valence-electron chi connectivity index (χ4n) is 5.09. The van der Waals surface area contributed by atoms with Crippen LogP contribution in [0.25, 0.3) is 22.0 Å². The normalized spacial score (nSPS) is 16.1. The average Bonchev–Trinajstić information content (AvgIpc) is 3.31. The third kappa shape index (κ3) is 5.96. The monoisotopic (exact) mass is 529 g/mol. The number of allylic oxidation sites excluding steroid dienone is 1. The second kappa shape index (κ2) is 12.1. The summed E-state index contributed by atoms with van der Waals surface area (Å²) >= 11 is 0. The van der Waals surface area contributed by atoms with Crippen LogP contribution in [-0.4, -0.2) is 35.7 Å². The Kier molecular flexibility index (Phi) is 8.22. The fraction of sp³-hybridized carbons (Fsp3) is 0.290. The number of amides is 1. The summed E-state index contributed by atoms with van der Waals surface area (Å²) in [6, 6.07) is 23.8. The van der Waals surface area contributed by atoms with Gasteiger partial charge in [0.1, 0.15) is 19.0 Å². The Bertz CT molecular complexity index is 1460. The topological polar surface area (TPSA) is 88.6 Å². The highest BCUT2D eigenvalue weighted by Crippen LogP contribution is 2.37. The van der Waals surface area contributed by atoms with E-state index in [9.17, 15) is 4.79 Å². The van der Waals surface area contributed by atoms with E-state index in [0.29, 0.717) is 17.7 Å². The third-order valence-electron chi connectivity index (χ3n) is 6.90. The smallest absolute Gasteiger partial charge is 0.404 e. The van der Waals surface area contributed by atoms with Gasteiger partial charge in [-0.1, -0.05) is 55.5 Å². The first kappa shape index (κ1) is 26.4. The SMILES string of the molecule is CCC(=C(c1ccc(OCCOC(N)=O)cc1)c1ccc2c(c1)c(F)nn2C1CCCCO1)c1ccccc1. The van der Waals surface area contributed by atoms with Gasteiger partial charge in [-0.05, 0) is 77.8 Å². The molecular formula is C31H32FN3O4. The largest absolute Gasteiger partial charge is 0.490 e. The van der Waals surface area contributed by atoms with E-state index in [-0.39, 0.29) is 19.4 Å². The number of nitrogens with zero attached hydrogens (tertiary/aromatic N) is 2. The van der Waals surface area contributed by atoms with Crippen molar-refractivity contribution in [2.75, 3.05) is 19.8 Å². The number of benzene rings is 3. The summed E-state index contributed by atoms with van der Waals surface area (Å²) in [4.78, 5) is 10.8. The maximum Gasteiger partial charge on any atom is 0.404 e. The van der Waals surface area contributed by atoms with Gasteiger partial charge in [-0.15, -0.1) is 5.10 Å². The molecule has 1 aliphatic heterocycles. The number of hydrogen-bond donors (Lipinski definition) is 1. The highest BCUT2D eigenvalue weighted by molar-refractivity contribution is 6.00. The lowest BCUT2D eigenvalue weighted by Crippen LogP contribution is -2.19. The first-order valence-corrected chi connectivity index (χ1v) is 13.3. The quantitative estimate of drug-likeness (QED) is 0.192. The zero-order chi connectivity index (χ0) is 27.2. The van der Waals surface area contributed by atoms with Gasteiger partial charge in [0.25, 0.3) is 0 Å². The molecule has 1 aromatic heterocycles. The van der Waals surface area contributed by atoms with Crippen LogP contribution in [0.15, 0.2) is 72.8 Å². The van der Waals surface area contributed by atoms with Gasteiger partial charge >= 0.3 is 6.09 Å². The predicted molar refractivity (Wildman–Crippen MR) is 149 cm³/mol. The minimum atomic E-state index is -0.832. The molecule has 1 unspecified atom stereocenters. The molecule has 2 N–H and O–H groups in total. The van der Waals surface area contributed by atoms with Crippen molar-refractivity contribution in [3.05, 3.63) is 95.4 Å². The summed E-state index contributed by atoms with van der Waals surface area (Å²) in [5.74, 6) is 0.138. The minimum absolute atomic E-state index is 0.0708. The van der Waals surface area contributed by atoms with E-state index in [2.05, 4.69) is 24.2 Å². The molecule has 1 amide bonds. The molecule has 1 atom stereocenters. The highest BCUT2D eigenvalue weighted by atomic mass is 19.1. The molecule has 39 heavy (non-hydrogen) atoms. The lowest BCUT2D eigenvalue weighted by atomic mass is 9.88. The number of halogens is 1. The first-order chi connectivity index (χ1) is 19.0. The second-order valence-corrected chi connectivity index (χ2v) is 9.40. The molecule has 2 heterocycles. The van der Waals surface area contributed by atoms with Crippen molar-refractivity contribution < 1.29 is 23.4 Å². The lowest BCUT2D eigenvalue weighted by molar-refractivity contribution is -0.0375. The van der Waals surface area contributed by atoms with Crippen molar-refractivity contribution in [1.82, 2.24) is 9.78 Å². The maximum atomic E-state index is 15.2. The number of primary amides is 1. The van der Waals surface area contributed by atoms with Crippen LogP contribution in [0, 0.1) is 5.95 Å².